The SMILES string of the molecule is O=C(NCc1ccc(-c2nc3ncccc3o2)cc1)c1ccc(OCc2ccccc2)cc1. The summed E-state index contributed by atoms with van der Waals surface area (Å²) in [4.78, 5) is 21.1. The molecule has 2 aromatic heterocycles. The van der Waals surface area contributed by atoms with Gasteiger partial charge in [-0.2, -0.15) is 4.98 Å². The number of hydrogen-bond acceptors (Lipinski definition) is 5. The van der Waals surface area contributed by atoms with E-state index in [2.05, 4.69) is 15.3 Å². The van der Waals surface area contributed by atoms with Crippen LogP contribution in [0.25, 0.3) is 22.7 Å². The van der Waals surface area contributed by atoms with Gasteiger partial charge in [0.2, 0.25) is 5.89 Å². The molecule has 33 heavy (non-hydrogen) atoms. The number of ether oxygens (including phenoxy) is 1. The van der Waals surface area contributed by atoms with Gasteiger partial charge >= 0.3 is 0 Å². The Hall–Kier alpha value is -4.45. The predicted octanol–water partition coefficient (Wildman–Crippen LogP) is 5.40. The van der Waals surface area contributed by atoms with E-state index in [0.717, 1.165) is 22.4 Å². The summed E-state index contributed by atoms with van der Waals surface area (Å²) < 4.78 is 11.5. The number of hydrogen-bond donors (Lipinski definition) is 1. The molecule has 6 nitrogen and oxygen atoms in total. The lowest BCUT2D eigenvalue weighted by Crippen LogP contribution is -2.22. The number of benzene rings is 3. The van der Waals surface area contributed by atoms with Crippen molar-refractivity contribution in [3.8, 4) is 17.2 Å². The van der Waals surface area contributed by atoms with E-state index in [-0.39, 0.29) is 5.91 Å². The number of carbonyl (C=O) groups excluding carboxylic acids is 1. The molecule has 1 N–H and O–H groups in total. The van der Waals surface area contributed by atoms with Crippen molar-refractivity contribution in [3.63, 3.8) is 0 Å². The number of nitrogens with zero attached hydrogens (tertiary/aromatic N) is 2. The van der Waals surface area contributed by atoms with Gasteiger partial charge in [0.15, 0.2) is 11.2 Å². The van der Waals surface area contributed by atoms with Gasteiger partial charge in [-0.15, -0.1) is 0 Å². The Morgan fingerprint density at radius 1 is 0.848 bits per heavy atom. The van der Waals surface area contributed by atoms with Crippen LogP contribution in [0.15, 0.2) is 102 Å². The smallest absolute Gasteiger partial charge is 0.251 e. The quantitative estimate of drug-likeness (QED) is 0.370. The summed E-state index contributed by atoms with van der Waals surface area (Å²) in [6.45, 7) is 0.906. The normalized spacial score (nSPS) is 10.8. The van der Waals surface area contributed by atoms with Gasteiger partial charge in [0.1, 0.15) is 12.4 Å². The topological polar surface area (TPSA) is 77.3 Å². The summed E-state index contributed by atoms with van der Waals surface area (Å²) in [7, 11) is 0. The Morgan fingerprint density at radius 2 is 1.64 bits per heavy atom. The number of pyridine rings is 1. The van der Waals surface area contributed by atoms with E-state index in [9.17, 15) is 4.79 Å². The van der Waals surface area contributed by atoms with Gasteiger partial charge in [0, 0.05) is 23.9 Å². The maximum atomic E-state index is 12.5. The first-order chi connectivity index (χ1) is 16.2. The zero-order valence-corrected chi connectivity index (χ0v) is 17.8. The second-order valence-electron chi connectivity index (χ2n) is 7.52. The minimum Gasteiger partial charge on any atom is -0.489 e. The first-order valence-corrected chi connectivity index (χ1v) is 10.6. The van der Waals surface area contributed by atoms with Crippen molar-refractivity contribution < 1.29 is 13.9 Å². The summed E-state index contributed by atoms with van der Waals surface area (Å²) in [6.07, 6.45) is 1.69. The molecule has 0 aliphatic rings. The third-order valence-corrected chi connectivity index (χ3v) is 5.18. The zero-order valence-electron chi connectivity index (χ0n) is 17.8. The largest absolute Gasteiger partial charge is 0.489 e. The minimum atomic E-state index is -0.140. The number of rotatable bonds is 7. The molecule has 0 aliphatic heterocycles. The third kappa shape index (κ3) is 4.91. The van der Waals surface area contributed by atoms with Crippen LogP contribution >= 0.6 is 0 Å². The first kappa shape index (κ1) is 20.5. The average molecular weight is 435 g/mol. The molecule has 0 fully saturated rings. The van der Waals surface area contributed by atoms with E-state index in [4.69, 9.17) is 9.15 Å². The van der Waals surface area contributed by atoms with Crippen LogP contribution in [0.2, 0.25) is 0 Å². The van der Waals surface area contributed by atoms with E-state index in [0.29, 0.717) is 35.8 Å². The molecular weight excluding hydrogens is 414 g/mol. The van der Waals surface area contributed by atoms with Gasteiger partial charge < -0.3 is 14.5 Å². The lowest BCUT2D eigenvalue weighted by Gasteiger charge is -2.08. The molecule has 5 rings (SSSR count). The van der Waals surface area contributed by atoms with Crippen LogP contribution < -0.4 is 10.1 Å². The maximum absolute atomic E-state index is 12.5. The Morgan fingerprint density at radius 3 is 2.39 bits per heavy atom. The second-order valence-corrected chi connectivity index (χ2v) is 7.52. The number of aromatic nitrogens is 2. The Labute approximate surface area is 190 Å². The van der Waals surface area contributed by atoms with Crippen molar-refractivity contribution in [1.29, 1.82) is 0 Å². The minimum absolute atomic E-state index is 0.140. The van der Waals surface area contributed by atoms with E-state index in [1.807, 2.05) is 78.9 Å². The van der Waals surface area contributed by atoms with E-state index >= 15 is 0 Å². The van der Waals surface area contributed by atoms with Crippen LogP contribution in [0.4, 0.5) is 0 Å². The average Bonchev–Trinajstić information content (AvgIpc) is 3.32. The lowest BCUT2D eigenvalue weighted by atomic mass is 10.1. The van der Waals surface area contributed by atoms with Gasteiger partial charge in [-0.05, 0) is 59.7 Å². The fourth-order valence-electron chi connectivity index (χ4n) is 3.39. The standard InChI is InChI=1S/C27H21N3O3/c31-26(21-12-14-23(15-13-21)32-18-20-5-2-1-3-6-20)29-17-19-8-10-22(11-9-19)27-30-25-24(33-27)7-4-16-28-25/h1-16H,17-18H2,(H,29,31). The van der Waals surface area contributed by atoms with Gasteiger partial charge in [-0.1, -0.05) is 42.5 Å². The molecule has 162 valence electrons. The number of oxazole rings is 1. The molecule has 1 amide bonds. The highest BCUT2D eigenvalue weighted by atomic mass is 16.5. The van der Waals surface area contributed by atoms with Crippen LogP contribution in [0.3, 0.4) is 0 Å². The van der Waals surface area contributed by atoms with Crippen molar-refractivity contribution >= 4 is 17.1 Å². The van der Waals surface area contributed by atoms with Crippen LogP contribution in [0, 0.1) is 0 Å². The van der Waals surface area contributed by atoms with Gasteiger partial charge in [-0.3, -0.25) is 4.79 Å². The highest BCUT2D eigenvalue weighted by Gasteiger charge is 2.09. The van der Waals surface area contributed by atoms with Crippen LogP contribution in [-0.2, 0) is 13.2 Å². The van der Waals surface area contributed by atoms with Crippen molar-refractivity contribution in [2.45, 2.75) is 13.2 Å². The molecule has 0 saturated heterocycles. The Balaban J connectivity index is 1.16. The van der Waals surface area contributed by atoms with E-state index < -0.39 is 0 Å². The molecule has 0 saturated carbocycles. The molecule has 0 atom stereocenters. The molecular formula is C27H21N3O3. The maximum Gasteiger partial charge on any atom is 0.251 e. The molecule has 0 aliphatic carbocycles. The van der Waals surface area contributed by atoms with Gasteiger partial charge in [0.05, 0.1) is 0 Å². The second kappa shape index (κ2) is 9.36. The Bertz CT molecular complexity index is 1330. The predicted molar refractivity (Wildman–Crippen MR) is 126 cm³/mol. The monoisotopic (exact) mass is 435 g/mol. The zero-order chi connectivity index (χ0) is 22.5. The third-order valence-electron chi connectivity index (χ3n) is 5.18. The van der Waals surface area contributed by atoms with Crippen molar-refractivity contribution in [2.75, 3.05) is 0 Å². The van der Waals surface area contributed by atoms with E-state index in [1.165, 1.54) is 0 Å². The molecule has 5 aromatic rings. The number of carbonyl (C=O) groups is 1. The summed E-state index contributed by atoms with van der Waals surface area (Å²) in [5, 5.41) is 2.94. The fraction of sp³-hybridized carbons (Fsp3) is 0.0741. The van der Waals surface area contributed by atoms with Crippen LogP contribution in [-0.4, -0.2) is 15.9 Å². The number of amides is 1. The van der Waals surface area contributed by atoms with Gasteiger partial charge in [-0.25, -0.2) is 4.98 Å². The molecule has 0 bridgehead atoms. The first-order valence-electron chi connectivity index (χ1n) is 10.6. The molecule has 0 unspecified atom stereocenters. The van der Waals surface area contributed by atoms with Crippen molar-refractivity contribution in [2.24, 2.45) is 0 Å². The molecule has 2 heterocycles. The summed E-state index contributed by atoms with van der Waals surface area (Å²) in [5.41, 5.74) is 4.75. The lowest BCUT2D eigenvalue weighted by molar-refractivity contribution is 0.0951. The van der Waals surface area contributed by atoms with Crippen molar-refractivity contribution in [3.05, 3.63) is 114 Å². The molecule has 3 aromatic carbocycles. The van der Waals surface area contributed by atoms with Crippen molar-refractivity contribution in [1.82, 2.24) is 15.3 Å². The highest BCUT2D eigenvalue weighted by molar-refractivity contribution is 5.94. The number of fused-ring (bicyclic) bond motifs is 1. The van der Waals surface area contributed by atoms with Crippen LogP contribution in [0.1, 0.15) is 21.5 Å². The molecule has 6 heteroatoms. The Kier molecular flexibility index (Phi) is 5.80. The number of nitrogens with one attached hydrogen (secondary N) is 1. The fourth-order valence-corrected chi connectivity index (χ4v) is 3.39. The van der Waals surface area contributed by atoms with E-state index in [1.54, 1.807) is 18.3 Å². The molecule has 0 radical (unpaired) electrons. The summed E-state index contributed by atoms with van der Waals surface area (Å²) in [5.74, 6) is 1.10. The highest BCUT2D eigenvalue weighted by Crippen LogP contribution is 2.23. The summed E-state index contributed by atoms with van der Waals surface area (Å²) in [6, 6.07) is 28.5. The van der Waals surface area contributed by atoms with Gasteiger partial charge in [0.25, 0.3) is 5.91 Å². The molecule has 0 spiro atoms. The summed E-state index contributed by atoms with van der Waals surface area (Å²) >= 11 is 0. The van der Waals surface area contributed by atoms with Crippen LogP contribution in [0.5, 0.6) is 5.75 Å².